The zero-order valence-corrected chi connectivity index (χ0v) is 13.5. The van der Waals surface area contributed by atoms with E-state index in [9.17, 15) is 14.4 Å². The van der Waals surface area contributed by atoms with Gasteiger partial charge in [0, 0.05) is 24.2 Å². The molecule has 0 saturated heterocycles. The van der Waals surface area contributed by atoms with Gasteiger partial charge >= 0.3 is 0 Å². The Kier molecular flexibility index (Phi) is 4.31. The summed E-state index contributed by atoms with van der Waals surface area (Å²) < 4.78 is 0. The fourth-order valence-corrected chi connectivity index (χ4v) is 2.86. The SMILES string of the molecule is CCN(CC)c1c(C(C)(C)C(=O)c2ccccc2)c(=O)c1=O. The van der Waals surface area contributed by atoms with Crippen LogP contribution in [0.2, 0.25) is 0 Å². The van der Waals surface area contributed by atoms with Crippen LogP contribution in [0.3, 0.4) is 0 Å². The number of carbonyl (C=O) groups excluding carboxylic acids is 1. The van der Waals surface area contributed by atoms with Crippen LogP contribution >= 0.6 is 0 Å². The molecule has 2 rings (SSSR count). The van der Waals surface area contributed by atoms with E-state index in [1.807, 2.05) is 24.8 Å². The summed E-state index contributed by atoms with van der Waals surface area (Å²) in [4.78, 5) is 38.7. The van der Waals surface area contributed by atoms with Gasteiger partial charge in [0.05, 0.1) is 11.1 Å². The van der Waals surface area contributed by atoms with Crippen molar-refractivity contribution in [3.63, 3.8) is 0 Å². The monoisotopic (exact) mass is 299 g/mol. The van der Waals surface area contributed by atoms with Crippen molar-refractivity contribution in [2.24, 2.45) is 0 Å². The molecule has 0 bridgehead atoms. The van der Waals surface area contributed by atoms with E-state index in [1.165, 1.54) is 0 Å². The third-order valence-electron chi connectivity index (χ3n) is 4.19. The van der Waals surface area contributed by atoms with Crippen molar-refractivity contribution in [3.05, 3.63) is 61.9 Å². The second-order valence-electron chi connectivity index (χ2n) is 5.87. The Morgan fingerprint density at radius 1 is 1.00 bits per heavy atom. The van der Waals surface area contributed by atoms with Crippen molar-refractivity contribution in [2.75, 3.05) is 18.0 Å². The van der Waals surface area contributed by atoms with Crippen molar-refractivity contribution in [1.82, 2.24) is 0 Å². The summed E-state index contributed by atoms with van der Waals surface area (Å²) in [6, 6.07) is 8.87. The molecular formula is C18H21NO3. The highest BCUT2D eigenvalue weighted by Gasteiger charge is 2.40. The average Bonchev–Trinajstić information content (AvgIpc) is 2.54. The van der Waals surface area contributed by atoms with E-state index in [4.69, 9.17) is 0 Å². The number of anilines is 1. The number of hydrogen-bond acceptors (Lipinski definition) is 4. The predicted octanol–water partition coefficient (Wildman–Crippen LogP) is 2.29. The average molecular weight is 299 g/mol. The van der Waals surface area contributed by atoms with Gasteiger partial charge in [-0.25, -0.2) is 0 Å². The van der Waals surface area contributed by atoms with Crippen molar-refractivity contribution in [3.8, 4) is 0 Å². The molecule has 0 spiro atoms. The van der Waals surface area contributed by atoms with E-state index in [1.54, 1.807) is 38.1 Å². The molecule has 0 fully saturated rings. The molecule has 0 radical (unpaired) electrons. The summed E-state index contributed by atoms with van der Waals surface area (Å²) in [6.45, 7) is 8.54. The molecule has 0 aliphatic carbocycles. The Balaban J connectivity index is 2.52. The van der Waals surface area contributed by atoms with Gasteiger partial charge in [-0.3, -0.25) is 14.4 Å². The number of Topliss-reactive ketones (excluding diaryl/α,β-unsaturated/α-hetero) is 1. The zero-order chi connectivity index (χ0) is 16.5. The number of carbonyl (C=O) groups is 1. The Morgan fingerprint density at radius 2 is 1.55 bits per heavy atom. The fraction of sp³-hybridized carbons (Fsp3) is 0.389. The number of benzene rings is 1. The third kappa shape index (κ3) is 2.39. The lowest BCUT2D eigenvalue weighted by atomic mass is 9.74. The van der Waals surface area contributed by atoms with Crippen molar-refractivity contribution < 1.29 is 4.79 Å². The minimum atomic E-state index is -1.01. The van der Waals surface area contributed by atoms with Crippen LogP contribution in [0.1, 0.15) is 43.6 Å². The van der Waals surface area contributed by atoms with Gasteiger partial charge < -0.3 is 4.90 Å². The van der Waals surface area contributed by atoms with Crippen LogP contribution in [0.5, 0.6) is 0 Å². The quantitative estimate of drug-likeness (QED) is 0.606. The van der Waals surface area contributed by atoms with E-state index >= 15 is 0 Å². The van der Waals surface area contributed by atoms with Crippen molar-refractivity contribution in [2.45, 2.75) is 33.1 Å². The largest absolute Gasteiger partial charge is 0.368 e. The Labute approximate surface area is 130 Å². The maximum Gasteiger partial charge on any atom is 0.249 e. The van der Waals surface area contributed by atoms with Crippen LogP contribution in [0.15, 0.2) is 39.9 Å². The highest BCUT2D eigenvalue weighted by molar-refractivity contribution is 6.04. The van der Waals surface area contributed by atoms with Crippen LogP contribution in [0, 0.1) is 0 Å². The van der Waals surface area contributed by atoms with Crippen LogP contribution in [0.25, 0.3) is 0 Å². The molecule has 0 atom stereocenters. The van der Waals surface area contributed by atoms with Gasteiger partial charge in [-0.1, -0.05) is 30.3 Å². The van der Waals surface area contributed by atoms with Crippen molar-refractivity contribution >= 4 is 11.5 Å². The summed E-state index contributed by atoms with van der Waals surface area (Å²) in [6.07, 6.45) is 0. The molecular weight excluding hydrogens is 278 g/mol. The first-order valence-electron chi connectivity index (χ1n) is 7.54. The maximum absolute atomic E-state index is 12.8. The molecule has 0 heterocycles. The lowest BCUT2D eigenvalue weighted by molar-refractivity contribution is 0.0907. The molecule has 22 heavy (non-hydrogen) atoms. The summed E-state index contributed by atoms with van der Waals surface area (Å²) >= 11 is 0. The van der Waals surface area contributed by atoms with E-state index in [0.717, 1.165) is 0 Å². The van der Waals surface area contributed by atoms with Crippen LogP contribution in [-0.4, -0.2) is 18.9 Å². The standard InChI is InChI=1S/C18H21NO3/c1-5-19(6-2)14-13(15(20)16(14)21)18(3,4)17(22)12-10-8-7-9-11-12/h7-11H,5-6H2,1-4H3. The van der Waals surface area contributed by atoms with Crippen LogP contribution in [0.4, 0.5) is 5.69 Å². The third-order valence-corrected chi connectivity index (χ3v) is 4.19. The first-order chi connectivity index (χ1) is 10.4. The molecule has 4 nitrogen and oxygen atoms in total. The number of nitrogens with zero attached hydrogens (tertiary/aromatic N) is 1. The Morgan fingerprint density at radius 3 is 2.05 bits per heavy atom. The molecule has 116 valence electrons. The molecule has 0 aromatic heterocycles. The molecule has 2 aromatic carbocycles. The second-order valence-corrected chi connectivity index (χ2v) is 5.87. The molecule has 0 unspecified atom stereocenters. The number of hydrogen-bond donors (Lipinski definition) is 0. The van der Waals surface area contributed by atoms with Gasteiger partial charge in [-0.2, -0.15) is 0 Å². The first kappa shape index (κ1) is 16.1. The number of ketones is 1. The van der Waals surface area contributed by atoms with Crippen LogP contribution < -0.4 is 15.8 Å². The highest BCUT2D eigenvalue weighted by Crippen LogP contribution is 2.32. The molecule has 0 N–H and O–H groups in total. The second kappa shape index (κ2) is 5.87. The molecule has 4 heteroatoms. The fourth-order valence-electron chi connectivity index (χ4n) is 2.86. The Bertz CT molecular complexity index is 748. The topological polar surface area (TPSA) is 54.5 Å². The normalized spacial score (nSPS) is 11.6. The number of rotatable bonds is 6. The molecule has 0 amide bonds. The van der Waals surface area contributed by atoms with Gasteiger partial charge in [0.1, 0.15) is 0 Å². The Hall–Kier alpha value is -2.23. The van der Waals surface area contributed by atoms with Gasteiger partial charge in [0.15, 0.2) is 5.78 Å². The molecule has 0 saturated carbocycles. The molecule has 0 aliphatic heterocycles. The van der Waals surface area contributed by atoms with E-state index in [-0.39, 0.29) is 5.78 Å². The smallest absolute Gasteiger partial charge is 0.249 e. The van der Waals surface area contributed by atoms with E-state index in [2.05, 4.69) is 0 Å². The summed E-state index contributed by atoms with van der Waals surface area (Å²) in [5.41, 5.74) is -0.723. The highest BCUT2D eigenvalue weighted by atomic mass is 16.2. The van der Waals surface area contributed by atoms with Gasteiger partial charge in [0.25, 0.3) is 0 Å². The van der Waals surface area contributed by atoms with E-state index < -0.39 is 16.3 Å². The molecule has 2 aromatic rings. The first-order valence-corrected chi connectivity index (χ1v) is 7.54. The lowest BCUT2D eigenvalue weighted by Gasteiger charge is -2.32. The van der Waals surface area contributed by atoms with Crippen LogP contribution in [-0.2, 0) is 5.41 Å². The summed E-state index contributed by atoms with van der Waals surface area (Å²) in [5, 5.41) is 0. The molecule has 0 aliphatic rings. The zero-order valence-electron chi connectivity index (χ0n) is 13.5. The minimum absolute atomic E-state index is 0.145. The summed E-state index contributed by atoms with van der Waals surface area (Å²) in [5.74, 6) is -0.145. The van der Waals surface area contributed by atoms with Crippen molar-refractivity contribution in [1.29, 1.82) is 0 Å². The lowest BCUT2D eigenvalue weighted by Crippen LogP contribution is -2.50. The minimum Gasteiger partial charge on any atom is -0.368 e. The van der Waals surface area contributed by atoms with Gasteiger partial charge in [-0.05, 0) is 27.7 Å². The summed E-state index contributed by atoms with van der Waals surface area (Å²) in [7, 11) is 0. The van der Waals surface area contributed by atoms with Gasteiger partial charge in [-0.15, -0.1) is 0 Å². The van der Waals surface area contributed by atoms with Gasteiger partial charge in [0.2, 0.25) is 10.9 Å². The van der Waals surface area contributed by atoms with E-state index in [0.29, 0.717) is 29.9 Å². The predicted molar refractivity (Wildman–Crippen MR) is 88.7 cm³/mol. The maximum atomic E-state index is 12.8.